The highest BCUT2D eigenvalue weighted by Gasteiger charge is 2.27. The predicted molar refractivity (Wildman–Crippen MR) is 95.5 cm³/mol. The lowest BCUT2D eigenvalue weighted by Crippen LogP contribution is -2.54. The molecule has 0 spiro atoms. The molecule has 23 heavy (non-hydrogen) atoms. The molecule has 0 saturated carbocycles. The normalized spacial score (nSPS) is 16.4. The van der Waals surface area contributed by atoms with Gasteiger partial charge in [0.25, 0.3) is 0 Å². The molecule has 0 aromatic heterocycles. The number of benzene rings is 1. The maximum absolute atomic E-state index is 12.8. The van der Waals surface area contributed by atoms with Crippen molar-refractivity contribution in [1.82, 2.24) is 9.80 Å². The Morgan fingerprint density at radius 3 is 2.09 bits per heavy atom. The van der Waals surface area contributed by atoms with Crippen LogP contribution in [0.1, 0.15) is 5.56 Å². The predicted octanol–water partition coefficient (Wildman–Crippen LogP) is 1.62. The fourth-order valence-electron chi connectivity index (χ4n) is 2.49. The van der Waals surface area contributed by atoms with Crippen molar-refractivity contribution in [3.63, 3.8) is 0 Å². The van der Waals surface area contributed by atoms with E-state index >= 15 is 0 Å². The van der Waals surface area contributed by atoms with Crippen LogP contribution in [0.15, 0.2) is 24.3 Å². The van der Waals surface area contributed by atoms with E-state index < -0.39 is 12.0 Å². The Bertz CT molecular complexity index is 457. The average molecular weight is 391 g/mol. The van der Waals surface area contributed by atoms with Gasteiger partial charge in [-0.15, -0.1) is 37.2 Å². The minimum Gasteiger partial charge on any atom is -0.480 e. The van der Waals surface area contributed by atoms with Crippen LogP contribution in [0.2, 0.25) is 0 Å². The quantitative estimate of drug-likeness (QED) is 0.799. The summed E-state index contributed by atoms with van der Waals surface area (Å²) in [6.45, 7) is 3.86. The molecule has 0 aliphatic carbocycles. The Morgan fingerprint density at radius 2 is 1.65 bits per heavy atom. The maximum atomic E-state index is 12.8. The molecule has 0 bridgehead atoms. The summed E-state index contributed by atoms with van der Waals surface area (Å²) >= 11 is 0. The van der Waals surface area contributed by atoms with Crippen molar-refractivity contribution in [2.24, 2.45) is 5.73 Å². The Hall–Kier alpha value is -0.630. The summed E-state index contributed by atoms with van der Waals surface area (Å²) < 4.78 is 12.8. The first-order chi connectivity index (χ1) is 9.60. The molecule has 1 fully saturated rings. The number of piperazine rings is 1. The first kappa shape index (κ1) is 24.6. The molecule has 1 heterocycles. The van der Waals surface area contributed by atoms with Crippen molar-refractivity contribution in [1.29, 1.82) is 0 Å². The number of carboxylic acid groups (broad SMARTS) is 1. The van der Waals surface area contributed by atoms with Crippen molar-refractivity contribution < 1.29 is 14.3 Å². The molecule has 9 heteroatoms. The van der Waals surface area contributed by atoms with E-state index in [-0.39, 0.29) is 49.6 Å². The Balaban J connectivity index is 0. The molecule has 0 radical (unpaired) electrons. The summed E-state index contributed by atoms with van der Waals surface area (Å²) in [5, 5.41) is 9.08. The number of hydrogen-bond acceptors (Lipinski definition) is 4. The van der Waals surface area contributed by atoms with Crippen molar-refractivity contribution >= 4 is 43.2 Å². The van der Waals surface area contributed by atoms with Gasteiger partial charge in [0.2, 0.25) is 0 Å². The van der Waals surface area contributed by atoms with E-state index in [1.54, 1.807) is 12.1 Å². The molecule has 1 atom stereocenters. The summed E-state index contributed by atoms with van der Waals surface area (Å²) in [5.41, 5.74) is 6.57. The zero-order chi connectivity index (χ0) is 14.5. The van der Waals surface area contributed by atoms with Gasteiger partial charge >= 0.3 is 5.97 Å². The van der Waals surface area contributed by atoms with Crippen LogP contribution < -0.4 is 5.73 Å². The number of aliphatic carboxylic acids is 1. The topological polar surface area (TPSA) is 69.8 Å². The Morgan fingerprint density at radius 1 is 1.13 bits per heavy atom. The Kier molecular flexibility index (Phi) is 12.7. The molecule has 1 saturated heterocycles. The zero-order valence-electron chi connectivity index (χ0n) is 12.6. The molecule has 134 valence electrons. The lowest BCUT2D eigenvalue weighted by atomic mass is 10.1. The summed E-state index contributed by atoms with van der Waals surface area (Å²) in [5.74, 6) is -1.09. The number of hydrogen-bond donors (Lipinski definition) is 2. The Labute approximate surface area is 154 Å². The van der Waals surface area contributed by atoms with Crippen LogP contribution in [0.4, 0.5) is 4.39 Å². The van der Waals surface area contributed by atoms with Crippen molar-refractivity contribution in [3.8, 4) is 0 Å². The van der Waals surface area contributed by atoms with E-state index in [2.05, 4.69) is 4.90 Å². The maximum Gasteiger partial charge on any atom is 0.322 e. The number of nitrogens with two attached hydrogens (primary N) is 1. The fraction of sp³-hybridized carbons (Fsp3) is 0.500. The third kappa shape index (κ3) is 7.20. The molecule has 2 rings (SSSR count). The lowest BCUT2D eigenvalue weighted by Gasteiger charge is -2.37. The van der Waals surface area contributed by atoms with Gasteiger partial charge in [0, 0.05) is 39.3 Å². The first-order valence-corrected chi connectivity index (χ1v) is 6.74. The molecule has 0 unspecified atom stereocenters. The van der Waals surface area contributed by atoms with Gasteiger partial charge in [0.05, 0.1) is 0 Å². The van der Waals surface area contributed by atoms with Gasteiger partial charge in [0.15, 0.2) is 0 Å². The highest BCUT2D eigenvalue weighted by Crippen LogP contribution is 2.11. The van der Waals surface area contributed by atoms with Crippen molar-refractivity contribution in [3.05, 3.63) is 35.6 Å². The minimum atomic E-state index is -0.862. The second kappa shape index (κ2) is 11.8. The number of rotatable bonds is 5. The van der Waals surface area contributed by atoms with Crippen LogP contribution in [0.25, 0.3) is 0 Å². The van der Waals surface area contributed by atoms with Crippen LogP contribution >= 0.6 is 37.2 Å². The van der Waals surface area contributed by atoms with Crippen LogP contribution in [0, 0.1) is 5.82 Å². The smallest absolute Gasteiger partial charge is 0.322 e. The standard InChI is InChI=1S/C14H20FN3O2.3ClH/c15-12-3-1-11(2-4-12)10-17-5-7-18(8-6-17)13(9-16)14(19)20;;;/h1-4,13H,5-10,16H2,(H,19,20);3*1H/t13-;;;/m0.../s1. The van der Waals surface area contributed by atoms with Crippen LogP contribution in [0.5, 0.6) is 0 Å². The number of carboxylic acids is 1. The average Bonchev–Trinajstić information content (AvgIpc) is 2.44. The van der Waals surface area contributed by atoms with E-state index in [0.29, 0.717) is 13.1 Å². The van der Waals surface area contributed by atoms with Gasteiger partial charge in [-0.25, -0.2) is 4.39 Å². The third-order valence-corrected chi connectivity index (χ3v) is 3.68. The molecule has 0 amide bonds. The van der Waals surface area contributed by atoms with E-state index in [1.165, 1.54) is 12.1 Å². The summed E-state index contributed by atoms with van der Waals surface area (Å²) in [7, 11) is 0. The van der Waals surface area contributed by atoms with E-state index in [1.807, 2.05) is 4.90 Å². The van der Waals surface area contributed by atoms with Gasteiger partial charge in [-0.2, -0.15) is 0 Å². The molecular weight excluding hydrogens is 368 g/mol. The molecule has 3 N–H and O–H groups in total. The minimum absolute atomic E-state index is 0. The van der Waals surface area contributed by atoms with E-state index in [9.17, 15) is 9.18 Å². The van der Waals surface area contributed by atoms with Gasteiger partial charge in [-0.3, -0.25) is 14.6 Å². The second-order valence-electron chi connectivity index (χ2n) is 5.03. The highest BCUT2D eigenvalue weighted by atomic mass is 35.5. The van der Waals surface area contributed by atoms with E-state index in [0.717, 1.165) is 25.2 Å². The molecule has 1 aliphatic heterocycles. The number of nitrogens with zero attached hydrogens (tertiary/aromatic N) is 2. The largest absolute Gasteiger partial charge is 0.480 e. The van der Waals surface area contributed by atoms with Crippen molar-refractivity contribution in [2.45, 2.75) is 12.6 Å². The number of halogens is 4. The lowest BCUT2D eigenvalue weighted by molar-refractivity contribution is -0.143. The summed E-state index contributed by atoms with van der Waals surface area (Å²) in [4.78, 5) is 15.2. The molecule has 1 aromatic carbocycles. The van der Waals surface area contributed by atoms with Gasteiger partial charge in [-0.05, 0) is 17.7 Å². The zero-order valence-corrected chi connectivity index (χ0v) is 15.0. The van der Waals surface area contributed by atoms with Gasteiger partial charge in [-0.1, -0.05) is 12.1 Å². The van der Waals surface area contributed by atoms with Gasteiger partial charge < -0.3 is 10.8 Å². The van der Waals surface area contributed by atoms with E-state index in [4.69, 9.17) is 10.8 Å². The fourth-order valence-corrected chi connectivity index (χ4v) is 2.49. The van der Waals surface area contributed by atoms with Crippen LogP contribution in [-0.4, -0.2) is 59.6 Å². The number of carbonyl (C=O) groups is 1. The monoisotopic (exact) mass is 389 g/mol. The molecule has 1 aliphatic rings. The highest BCUT2D eigenvalue weighted by molar-refractivity contribution is 5.86. The van der Waals surface area contributed by atoms with Crippen LogP contribution in [-0.2, 0) is 11.3 Å². The summed E-state index contributed by atoms with van der Waals surface area (Å²) in [6, 6.07) is 5.88. The van der Waals surface area contributed by atoms with Crippen LogP contribution in [0.3, 0.4) is 0 Å². The van der Waals surface area contributed by atoms with Gasteiger partial charge in [0.1, 0.15) is 11.9 Å². The summed E-state index contributed by atoms with van der Waals surface area (Å²) in [6.07, 6.45) is 0. The first-order valence-electron chi connectivity index (χ1n) is 6.74. The SMILES string of the molecule is Cl.Cl.Cl.NC[C@@H](C(=O)O)N1CCN(Cc2ccc(F)cc2)CC1. The second-order valence-corrected chi connectivity index (χ2v) is 5.03. The third-order valence-electron chi connectivity index (χ3n) is 3.68. The molecular formula is C14H23Cl3FN3O2. The molecule has 1 aromatic rings. The molecule has 5 nitrogen and oxygen atoms in total. The van der Waals surface area contributed by atoms with Crippen molar-refractivity contribution in [2.75, 3.05) is 32.7 Å².